The Morgan fingerprint density at radius 3 is 1.59 bits per heavy atom. The van der Waals surface area contributed by atoms with Crippen molar-refractivity contribution in [3.8, 4) is 23.3 Å². The Labute approximate surface area is 186 Å². The van der Waals surface area contributed by atoms with Gasteiger partial charge >= 0.3 is 0 Å². The Kier molecular flexibility index (Phi) is 6.04. The summed E-state index contributed by atoms with van der Waals surface area (Å²) in [7, 11) is 0. The lowest BCUT2D eigenvalue weighted by molar-refractivity contribution is -0.126. The number of carbonyl (C=O) groups excluding carboxylic acids is 2. The first kappa shape index (κ1) is 21.7. The minimum absolute atomic E-state index is 0.238. The summed E-state index contributed by atoms with van der Waals surface area (Å²) in [6, 6.07) is 14.7. The van der Waals surface area contributed by atoms with E-state index < -0.39 is 22.9 Å². The van der Waals surface area contributed by atoms with E-state index in [0.717, 1.165) is 0 Å². The first-order valence-electron chi connectivity index (χ1n) is 10.5. The number of hydrogen-bond donors (Lipinski definition) is 4. The van der Waals surface area contributed by atoms with Gasteiger partial charge in [-0.25, -0.2) is 0 Å². The van der Waals surface area contributed by atoms with Gasteiger partial charge in [0.1, 0.15) is 22.6 Å². The molecule has 2 heterocycles. The molecule has 2 aromatic rings. The molecule has 2 unspecified atom stereocenters. The van der Waals surface area contributed by atoms with Crippen LogP contribution in [0.2, 0.25) is 0 Å². The van der Waals surface area contributed by atoms with Crippen LogP contribution in [0.15, 0.2) is 48.5 Å². The highest BCUT2D eigenvalue weighted by molar-refractivity contribution is 5.88. The van der Waals surface area contributed by atoms with Crippen LogP contribution in [0.1, 0.15) is 24.0 Å². The molecule has 32 heavy (non-hydrogen) atoms. The molecule has 2 atom stereocenters. The highest BCUT2D eigenvalue weighted by Crippen LogP contribution is 2.37. The van der Waals surface area contributed by atoms with E-state index in [9.17, 15) is 9.59 Å². The number of rotatable bonds is 6. The number of primary amides is 2. The van der Waals surface area contributed by atoms with E-state index in [1.165, 1.54) is 0 Å². The molecule has 2 aromatic carbocycles. The van der Waals surface area contributed by atoms with Crippen molar-refractivity contribution < 1.29 is 19.1 Å². The zero-order chi connectivity index (χ0) is 22.6. The molecular formula is C24H26N4O4. The molecule has 4 rings (SSSR count). The third kappa shape index (κ3) is 3.77. The van der Waals surface area contributed by atoms with Gasteiger partial charge in [0.2, 0.25) is 11.8 Å². The number of carbonyl (C=O) groups is 2. The number of hydrogen-bond acceptors (Lipinski definition) is 6. The second-order valence-electron chi connectivity index (χ2n) is 7.79. The van der Waals surface area contributed by atoms with E-state index in [2.05, 4.69) is 22.5 Å². The molecule has 6 N–H and O–H groups in total. The summed E-state index contributed by atoms with van der Waals surface area (Å²) in [5.74, 6) is 6.35. The van der Waals surface area contributed by atoms with E-state index in [0.29, 0.717) is 48.7 Å². The molecule has 2 aliphatic rings. The molecule has 0 saturated carbocycles. The predicted octanol–water partition coefficient (Wildman–Crippen LogP) is 0.496. The van der Waals surface area contributed by atoms with Gasteiger partial charge in [-0.15, -0.1) is 0 Å². The van der Waals surface area contributed by atoms with Gasteiger partial charge in [0.25, 0.3) is 0 Å². The summed E-state index contributed by atoms with van der Waals surface area (Å²) < 4.78 is 11.3. The molecule has 8 heteroatoms. The number of nitrogens with one attached hydrogen (secondary N) is 2. The van der Waals surface area contributed by atoms with E-state index in [-0.39, 0.29) is 13.1 Å². The summed E-state index contributed by atoms with van der Waals surface area (Å²) in [6.45, 7) is 1.24. The average molecular weight is 434 g/mol. The minimum atomic E-state index is -1.04. The first-order chi connectivity index (χ1) is 15.5. The van der Waals surface area contributed by atoms with Crippen LogP contribution in [0.5, 0.6) is 11.5 Å². The lowest BCUT2D eigenvalue weighted by Gasteiger charge is -2.36. The molecule has 0 bridgehead atoms. The Bertz CT molecular complexity index is 1010. The van der Waals surface area contributed by atoms with Gasteiger partial charge in [-0.1, -0.05) is 48.2 Å². The topological polar surface area (TPSA) is 129 Å². The molecule has 0 spiro atoms. The van der Waals surface area contributed by atoms with E-state index >= 15 is 0 Å². The monoisotopic (exact) mass is 434 g/mol. The molecule has 0 aliphatic carbocycles. The highest BCUT2D eigenvalue weighted by Gasteiger charge is 2.43. The molecule has 2 aliphatic heterocycles. The fourth-order valence-corrected chi connectivity index (χ4v) is 4.36. The lowest BCUT2D eigenvalue weighted by atomic mass is 9.83. The zero-order valence-corrected chi connectivity index (χ0v) is 17.6. The van der Waals surface area contributed by atoms with Crippen molar-refractivity contribution in [3.05, 3.63) is 59.7 Å². The summed E-state index contributed by atoms with van der Waals surface area (Å²) in [5, 5.41) is 6.42. The molecule has 8 nitrogen and oxygen atoms in total. The molecule has 166 valence electrons. The van der Waals surface area contributed by atoms with Gasteiger partial charge in [0.15, 0.2) is 0 Å². The second kappa shape index (κ2) is 8.91. The van der Waals surface area contributed by atoms with Gasteiger partial charge in [-0.2, -0.15) is 0 Å². The Morgan fingerprint density at radius 1 is 0.781 bits per heavy atom. The summed E-state index contributed by atoms with van der Waals surface area (Å²) in [6.07, 6.45) is 0.835. The van der Waals surface area contributed by atoms with Crippen LogP contribution < -0.4 is 31.6 Å². The number of benzene rings is 2. The average Bonchev–Trinajstić information content (AvgIpc) is 2.81. The molecule has 0 fully saturated rings. The maximum absolute atomic E-state index is 12.4. The Morgan fingerprint density at radius 2 is 1.19 bits per heavy atom. The molecular weight excluding hydrogens is 408 g/mol. The fourth-order valence-electron chi connectivity index (χ4n) is 4.36. The van der Waals surface area contributed by atoms with Gasteiger partial charge in [0.05, 0.1) is 26.3 Å². The number of nitrogens with two attached hydrogens (primary N) is 2. The van der Waals surface area contributed by atoms with Crippen LogP contribution in [0.3, 0.4) is 0 Å². The number of ether oxygens (including phenoxy) is 2. The van der Waals surface area contributed by atoms with Gasteiger partial charge < -0.3 is 20.9 Å². The number of amides is 2. The van der Waals surface area contributed by atoms with Crippen molar-refractivity contribution in [3.63, 3.8) is 0 Å². The molecule has 0 saturated heterocycles. The Hall–Kier alpha value is -3.54. The third-order valence-corrected chi connectivity index (χ3v) is 6.09. The van der Waals surface area contributed by atoms with Crippen LogP contribution in [-0.2, 0) is 20.7 Å². The van der Waals surface area contributed by atoms with Crippen LogP contribution in [0.4, 0.5) is 0 Å². The zero-order valence-electron chi connectivity index (χ0n) is 17.6. The smallest absolute Gasteiger partial charge is 0.242 e. The number of para-hydroxylation sites is 2. The normalized spacial score (nSPS) is 23.4. The predicted molar refractivity (Wildman–Crippen MR) is 119 cm³/mol. The van der Waals surface area contributed by atoms with Crippen LogP contribution in [0.25, 0.3) is 0 Å². The largest absolute Gasteiger partial charge is 0.493 e. The van der Waals surface area contributed by atoms with E-state index in [4.69, 9.17) is 20.9 Å². The quantitative estimate of drug-likeness (QED) is 0.490. The molecule has 2 amide bonds. The van der Waals surface area contributed by atoms with Gasteiger partial charge in [-0.05, 0) is 12.1 Å². The van der Waals surface area contributed by atoms with Crippen LogP contribution in [0, 0.1) is 11.8 Å². The van der Waals surface area contributed by atoms with Crippen molar-refractivity contribution in [2.75, 3.05) is 26.3 Å². The molecule has 0 radical (unpaired) electrons. The van der Waals surface area contributed by atoms with Crippen molar-refractivity contribution in [1.29, 1.82) is 0 Å². The third-order valence-electron chi connectivity index (χ3n) is 6.09. The lowest BCUT2D eigenvalue weighted by Crippen LogP contribution is -2.55. The maximum Gasteiger partial charge on any atom is 0.242 e. The highest BCUT2D eigenvalue weighted by atomic mass is 16.5. The van der Waals surface area contributed by atoms with Crippen LogP contribution >= 0.6 is 0 Å². The van der Waals surface area contributed by atoms with Gasteiger partial charge in [-0.3, -0.25) is 20.2 Å². The van der Waals surface area contributed by atoms with Crippen molar-refractivity contribution in [1.82, 2.24) is 10.6 Å². The summed E-state index contributed by atoms with van der Waals surface area (Å²) in [5.41, 5.74) is 10.9. The van der Waals surface area contributed by atoms with Crippen LogP contribution in [-0.4, -0.2) is 38.1 Å². The standard InChI is InChI=1S/C24H26N4O4/c25-21(29)23(11-15-31-19-9-3-1-7-17(19)23)27-13-5-6-14-28-24(22(26)30)12-16-32-20-10-4-2-8-18(20)24/h1-4,7-10,27-28H,11-16H2,(H2,25,29)(H2,26,30). The SMILES string of the molecule is NC(=O)C1(NCC#CCNC2(C(N)=O)CCOc3ccccc32)CCOc2ccccc21. The summed E-state index contributed by atoms with van der Waals surface area (Å²) >= 11 is 0. The van der Waals surface area contributed by atoms with Crippen molar-refractivity contribution in [2.24, 2.45) is 11.5 Å². The maximum atomic E-state index is 12.4. The molecule has 0 aromatic heterocycles. The first-order valence-corrected chi connectivity index (χ1v) is 10.5. The summed E-state index contributed by atoms with van der Waals surface area (Å²) in [4.78, 5) is 24.8. The van der Waals surface area contributed by atoms with E-state index in [1.54, 1.807) is 0 Å². The van der Waals surface area contributed by atoms with E-state index in [1.807, 2.05) is 48.5 Å². The second-order valence-corrected chi connectivity index (χ2v) is 7.79. The van der Waals surface area contributed by atoms with Gasteiger partial charge in [0, 0.05) is 24.0 Å². The van der Waals surface area contributed by atoms with Crippen molar-refractivity contribution >= 4 is 11.8 Å². The minimum Gasteiger partial charge on any atom is -0.493 e. The number of fused-ring (bicyclic) bond motifs is 2. The Balaban J connectivity index is 1.45. The fraction of sp³-hybridized carbons (Fsp3) is 0.333. The van der Waals surface area contributed by atoms with Crippen molar-refractivity contribution in [2.45, 2.75) is 23.9 Å².